The highest BCUT2D eigenvalue weighted by atomic mass is 16.6. The Morgan fingerprint density at radius 1 is 0.701 bits per heavy atom. The minimum Gasteiger partial charge on any atom is -0.481 e. The van der Waals surface area contributed by atoms with Crippen LogP contribution < -0.4 is 32.7 Å². The number of rotatable bonds is 21. The number of aromatic amines is 1. The number of aliphatic imine (C=N–C) groups is 1. The fourth-order valence-corrected chi connectivity index (χ4v) is 8.05. The molecule has 1 heterocycles. The van der Waals surface area contributed by atoms with Crippen molar-refractivity contribution in [1.82, 2.24) is 26.3 Å². The molecule has 17 heteroatoms. The van der Waals surface area contributed by atoms with Gasteiger partial charge in [0.1, 0.15) is 36.4 Å². The molecule has 0 bridgehead atoms. The summed E-state index contributed by atoms with van der Waals surface area (Å²) in [6, 6.07) is 26.8. The van der Waals surface area contributed by atoms with E-state index in [-0.39, 0.29) is 57.1 Å². The van der Waals surface area contributed by atoms with Gasteiger partial charge in [-0.2, -0.15) is 0 Å². The number of esters is 1. The summed E-state index contributed by atoms with van der Waals surface area (Å²) in [5, 5.41) is 21.2. The quantitative estimate of drug-likeness (QED) is 0.0219. The topological polar surface area (TPSA) is 269 Å². The number of para-hydroxylation sites is 1. The van der Waals surface area contributed by atoms with Gasteiger partial charge in [-0.25, -0.2) is 9.59 Å². The molecular weight excluding hydrogens is 857 g/mol. The molecule has 10 N–H and O–H groups in total. The van der Waals surface area contributed by atoms with Crippen LogP contribution in [0.4, 0.5) is 4.79 Å². The van der Waals surface area contributed by atoms with E-state index in [1.807, 2.05) is 78.9 Å². The van der Waals surface area contributed by atoms with E-state index in [1.54, 1.807) is 51.2 Å². The molecule has 6 rings (SSSR count). The molecule has 0 aliphatic heterocycles. The fourth-order valence-electron chi connectivity index (χ4n) is 8.05. The molecule has 0 spiro atoms. The zero-order valence-electron chi connectivity index (χ0n) is 37.8. The van der Waals surface area contributed by atoms with E-state index in [4.69, 9.17) is 20.9 Å². The van der Waals surface area contributed by atoms with Crippen molar-refractivity contribution < 1.29 is 43.3 Å². The summed E-state index contributed by atoms with van der Waals surface area (Å²) >= 11 is 0. The lowest BCUT2D eigenvalue weighted by Gasteiger charge is -2.28. The van der Waals surface area contributed by atoms with Crippen molar-refractivity contribution >= 4 is 52.6 Å². The lowest BCUT2D eigenvalue weighted by atomic mass is 9.98. The summed E-state index contributed by atoms with van der Waals surface area (Å²) in [5.74, 6) is -4.83. The molecule has 1 aromatic heterocycles. The average molecular weight is 915 g/mol. The summed E-state index contributed by atoms with van der Waals surface area (Å²) in [5.41, 5.74) is 16.4. The maximum atomic E-state index is 14.4. The molecule has 1 aliphatic carbocycles. The molecule has 352 valence electrons. The zero-order valence-corrected chi connectivity index (χ0v) is 37.8. The Labute approximate surface area is 388 Å². The first-order valence-electron chi connectivity index (χ1n) is 22.2. The fraction of sp³-hybridized carbons (Fsp3) is 0.340. The summed E-state index contributed by atoms with van der Waals surface area (Å²) in [4.78, 5) is 89.0. The van der Waals surface area contributed by atoms with E-state index >= 15 is 0 Å². The summed E-state index contributed by atoms with van der Waals surface area (Å²) in [6.07, 6.45) is 0.118. The molecule has 4 amide bonds. The third kappa shape index (κ3) is 13.7. The molecule has 4 atom stereocenters. The number of alkyl carbamates (subject to hydrolysis) is 1. The number of nitrogens with two attached hydrogens (primary N) is 2. The van der Waals surface area contributed by atoms with Gasteiger partial charge in [-0.05, 0) is 79.5 Å². The van der Waals surface area contributed by atoms with Crippen molar-refractivity contribution in [2.75, 3.05) is 13.2 Å². The molecular formula is C50H58N8O9. The number of carbonyl (C=O) groups is 6. The van der Waals surface area contributed by atoms with E-state index in [0.29, 0.717) is 5.56 Å². The van der Waals surface area contributed by atoms with Crippen LogP contribution in [0.1, 0.15) is 74.6 Å². The highest BCUT2D eigenvalue weighted by Crippen LogP contribution is 2.44. The maximum Gasteiger partial charge on any atom is 0.407 e. The number of amides is 4. The van der Waals surface area contributed by atoms with Crippen LogP contribution in [0, 0.1) is 0 Å². The number of ether oxygens (including phenoxy) is 2. The number of hydrogen-bond acceptors (Lipinski definition) is 9. The first-order valence-corrected chi connectivity index (χ1v) is 22.2. The number of carboxylic acids is 1. The Morgan fingerprint density at radius 3 is 1.90 bits per heavy atom. The van der Waals surface area contributed by atoms with Gasteiger partial charge in [0, 0.05) is 48.8 Å². The van der Waals surface area contributed by atoms with Gasteiger partial charge < -0.3 is 52.3 Å². The van der Waals surface area contributed by atoms with Crippen LogP contribution in [-0.2, 0) is 46.3 Å². The van der Waals surface area contributed by atoms with Crippen molar-refractivity contribution in [1.29, 1.82) is 0 Å². The third-order valence-electron chi connectivity index (χ3n) is 11.2. The number of aromatic nitrogens is 1. The first kappa shape index (κ1) is 48.8. The van der Waals surface area contributed by atoms with Gasteiger partial charge in [0.2, 0.25) is 17.7 Å². The molecule has 17 nitrogen and oxygen atoms in total. The van der Waals surface area contributed by atoms with Crippen molar-refractivity contribution in [3.05, 3.63) is 132 Å². The van der Waals surface area contributed by atoms with Crippen LogP contribution in [0.2, 0.25) is 0 Å². The molecule has 67 heavy (non-hydrogen) atoms. The predicted octanol–water partition coefficient (Wildman–Crippen LogP) is 4.57. The van der Waals surface area contributed by atoms with Crippen LogP contribution in [-0.4, -0.2) is 94.7 Å². The van der Waals surface area contributed by atoms with Gasteiger partial charge in [-0.15, -0.1) is 0 Å². The molecule has 0 fully saturated rings. The van der Waals surface area contributed by atoms with Crippen LogP contribution >= 0.6 is 0 Å². The van der Waals surface area contributed by atoms with Crippen LogP contribution in [0.5, 0.6) is 0 Å². The summed E-state index contributed by atoms with van der Waals surface area (Å²) in [7, 11) is 0. The van der Waals surface area contributed by atoms with E-state index in [2.05, 4.69) is 31.2 Å². The van der Waals surface area contributed by atoms with Gasteiger partial charge in [-0.3, -0.25) is 24.2 Å². The van der Waals surface area contributed by atoms with E-state index in [0.717, 1.165) is 38.7 Å². The number of benzene rings is 4. The van der Waals surface area contributed by atoms with Crippen molar-refractivity contribution in [3.8, 4) is 11.1 Å². The Balaban J connectivity index is 1.22. The Morgan fingerprint density at radius 2 is 1.27 bits per heavy atom. The number of nitrogens with one attached hydrogen (secondary N) is 5. The monoisotopic (exact) mass is 914 g/mol. The second-order valence-electron chi connectivity index (χ2n) is 17.4. The summed E-state index contributed by atoms with van der Waals surface area (Å²) < 4.78 is 11.5. The van der Waals surface area contributed by atoms with Crippen LogP contribution in [0.3, 0.4) is 0 Å². The molecule has 0 saturated carbocycles. The smallest absolute Gasteiger partial charge is 0.407 e. The maximum absolute atomic E-state index is 14.4. The molecule has 4 aromatic carbocycles. The molecule has 5 aromatic rings. The van der Waals surface area contributed by atoms with E-state index < -0.39 is 71.9 Å². The predicted molar refractivity (Wildman–Crippen MR) is 253 cm³/mol. The SMILES string of the molecule is CC(C)(C)OC(=O)[C@H](Cc1ccccc1)NC(=O)[C@H](CCCN=C(N)N)NC(=O)[C@H](CCC(=O)O)NC(=O)[C@H](Cc1c[nH]c2ccccc12)NC(=O)OCC1c2ccccc2-c2ccccc21. The van der Waals surface area contributed by atoms with Crippen molar-refractivity contribution in [3.63, 3.8) is 0 Å². The Kier molecular flexibility index (Phi) is 16.4. The third-order valence-corrected chi connectivity index (χ3v) is 11.2. The normalized spacial score (nSPS) is 13.7. The highest BCUT2D eigenvalue weighted by Gasteiger charge is 2.34. The highest BCUT2D eigenvalue weighted by molar-refractivity contribution is 5.95. The van der Waals surface area contributed by atoms with E-state index in [9.17, 15) is 33.9 Å². The lowest BCUT2D eigenvalue weighted by molar-refractivity contribution is -0.158. The second kappa shape index (κ2) is 22.5. The van der Waals surface area contributed by atoms with Gasteiger partial charge in [0.25, 0.3) is 0 Å². The Bertz CT molecular complexity index is 2540. The van der Waals surface area contributed by atoms with Crippen molar-refractivity contribution in [2.24, 2.45) is 16.5 Å². The largest absolute Gasteiger partial charge is 0.481 e. The van der Waals surface area contributed by atoms with Crippen LogP contribution in [0.25, 0.3) is 22.0 Å². The Hall–Kier alpha value is -7.69. The number of H-pyrrole nitrogens is 1. The number of hydrogen-bond donors (Lipinski definition) is 8. The van der Waals surface area contributed by atoms with E-state index in [1.165, 1.54) is 0 Å². The van der Waals surface area contributed by atoms with Gasteiger partial charge in [-0.1, -0.05) is 97.1 Å². The van der Waals surface area contributed by atoms with Crippen molar-refractivity contribution in [2.45, 2.75) is 95.0 Å². The second-order valence-corrected chi connectivity index (χ2v) is 17.4. The number of nitrogens with zero attached hydrogens (tertiary/aromatic N) is 1. The minimum atomic E-state index is -1.50. The lowest BCUT2D eigenvalue weighted by Crippen LogP contribution is -2.58. The van der Waals surface area contributed by atoms with Gasteiger partial charge in [0.15, 0.2) is 5.96 Å². The zero-order chi connectivity index (χ0) is 48.1. The molecule has 0 unspecified atom stereocenters. The number of aliphatic carboxylic acids is 1. The average Bonchev–Trinajstić information content (AvgIpc) is 3.85. The first-order chi connectivity index (χ1) is 32.1. The number of guanidine groups is 1. The minimum absolute atomic E-state index is 0.0210. The van der Waals surface area contributed by atoms with Crippen LogP contribution in [0.15, 0.2) is 114 Å². The molecule has 1 aliphatic rings. The number of fused-ring (bicyclic) bond motifs is 4. The number of carbonyl (C=O) groups excluding carboxylic acids is 5. The number of carboxylic acid groups (broad SMARTS) is 1. The van der Waals surface area contributed by atoms with Gasteiger partial charge >= 0.3 is 18.0 Å². The standard InChI is InChI=1S/C50H58N8O9/c1-50(2,3)67-47(64)42(26-30-14-5-4-6-15-30)57-44(61)39(22-13-25-53-48(51)52)55-45(62)40(23-24-43(59)60)56-46(63)41(27-31-28-54-38-21-12-11-16-32(31)38)58-49(65)66-29-37-35-19-9-7-17-33(35)34-18-8-10-20-36(34)37/h4-12,14-21,28,37,39-42,54H,13,22-27,29H2,1-3H3,(H,55,62)(H,56,63)(H,57,61)(H,58,65)(H,59,60)(H4,51,52,53)/t39-,40-,41-,42-/m0/s1. The van der Waals surface area contributed by atoms with Gasteiger partial charge in [0.05, 0.1) is 0 Å². The molecule has 0 saturated heterocycles. The summed E-state index contributed by atoms with van der Waals surface area (Å²) in [6.45, 7) is 5.16. The molecule has 0 radical (unpaired) electrons.